The number of rotatable bonds is 9. The molecule has 4 heterocycles. The summed E-state index contributed by atoms with van der Waals surface area (Å²) in [5, 5.41) is 3.12. The highest BCUT2D eigenvalue weighted by molar-refractivity contribution is 6.34. The van der Waals surface area contributed by atoms with Crippen molar-refractivity contribution in [3.63, 3.8) is 0 Å². The minimum atomic E-state index is -0.957. The molecule has 1 aliphatic rings. The molecule has 1 aromatic carbocycles. The fourth-order valence-electron chi connectivity index (χ4n) is 5.03. The number of aromatic amines is 1. The van der Waals surface area contributed by atoms with Gasteiger partial charge < -0.3 is 35.1 Å². The normalized spacial score (nSPS) is 12.6. The van der Waals surface area contributed by atoms with Crippen molar-refractivity contribution in [1.29, 1.82) is 0 Å². The number of nitrogens with zero attached hydrogens (tertiary/aromatic N) is 7. The van der Waals surface area contributed by atoms with Crippen molar-refractivity contribution in [3.05, 3.63) is 75.3 Å². The average Bonchev–Trinajstić information content (AvgIpc) is 3.63. The quantitative estimate of drug-likeness (QED) is 0.172. The molecule has 1 fully saturated rings. The summed E-state index contributed by atoms with van der Waals surface area (Å²) >= 11 is 6.47. The van der Waals surface area contributed by atoms with Crippen molar-refractivity contribution in [2.75, 3.05) is 57.1 Å². The highest BCUT2D eigenvalue weighted by Gasteiger charge is 2.27. The van der Waals surface area contributed by atoms with Crippen LogP contribution in [0.4, 0.5) is 30.9 Å². The van der Waals surface area contributed by atoms with Crippen LogP contribution in [0.1, 0.15) is 40.7 Å². The summed E-state index contributed by atoms with van der Waals surface area (Å²) in [5.74, 6) is -2.31. The number of imidazole rings is 2. The summed E-state index contributed by atoms with van der Waals surface area (Å²) < 4.78 is 37.5. The predicted octanol–water partition coefficient (Wildman–Crippen LogP) is 3.73. The molecular formula is C32H39ClF2N10O5. The maximum Gasteiger partial charge on any atom is 0.409 e. The average molecular weight is 717 g/mol. The zero-order chi connectivity index (χ0) is 36.7. The maximum atomic E-state index is 15.0. The molecule has 4 aromatic rings. The molecular weight excluding hydrogens is 678 g/mol. The smallest absolute Gasteiger partial charge is 0.409 e. The van der Waals surface area contributed by atoms with Gasteiger partial charge in [-0.05, 0) is 30.7 Å². The first-order valence-electron chi connectivity index (χ1n) is 15.6. The highest BCUT2D eigenvalue weighted by atomic mass is 35.5. The topological polar surface area (TPSA) is 177 Å². The van der Waals surface area contributed by atoms with Crippen LogP contribution in [0, 0.1) is 11.8 Å². The summed E-state index contributed by atoms with van der Waals surface area (Å²) in [6.45, 7) is 3.73. The van der Waals surface area contributed by atoms with E-state index in [0.717, 1.165) is 23.5 Å². The fraction of sp³-hybridized carbons (Fsp3) is 0.375. The number of primary amides is 1. The minimum Gasteiger partial charge on any atom is -0.449 e. The van der Waals surface area contributed by atoms with Crippen molar-refractivity contribution in [3.8, 4) is 11.3 Å². The summed E-state index contributed by atoms with van der Waals surface area (Å²) in [6.07, 6.45) is 4.53. The van der Waals surface area contributed by atoms with E-state index in [-0.39, 0.29) is 51.3 Å². The van der Waals surface area contributed by atoms with Crippen LogP contribution in [0.2, 0.25) is 5.02 Å². The van der Waals surface area contributed by atoms with Crippen LogP contribution in [0.5, 0.6) is 0 Å². The molecule has 268 valence electrons. The molecule has 0 atom stereocenters. The second-order valence-electron chi connectivity index (χ2n) is 11.5. The summed E-state index contributed by atoms with van der Waals surface area (Å²) in [5.41, 5.74) is 4.86. The molecule has 3 aromatic heterocycles. The van der Waals surface area contributed by atoms with Crippen LogP contribution in [-0.4, -0.2) is 98.7 Å². The van der Waals surface area contributed by atoms with Gasteiger partial charge in [-0.15, -0.1) is 0 Å². The Labute approximate surface area is 291 Å². The second-order valence-corrected chi connectivity index (χ2v) is 11.9. The molecule has 18 heteroatoms. The van der Waals surface area contributed by atoms with Crippen LogP contribution in [0.15, 0.2) is 41.5 Å². The van der Waals surface area contributed by atoms with Crippen molar-refractivity contribution in [2.45, 2.75) is 19.8 Å². The van der Waals surface area contributed by atoms with E-state index >= 15 is 0 Å². The number of piperazine rings is 1. The number of hydrogen-bond acceptors (Lipinski definition) is 9. The van der Waals surface area contributed by atoms with Crippen LogP contribution >= 0.6 is 11.6 Å². The molecule has 5 rings (SSSR count). The molecule has 3 amide bonds. The van der Waals surface area contributed by atoms with E-state index in [4.69, 9.17) is 22.1 Å². The van der Waals surface area contributed by atoms with Gasteiger partial charge in [-0.2, -0.15) is 9.37 Å². The van der Waals surface area contributed by atoms with Crippen molar-refractivity contribution in [1.82, 2.24) is 33.9 Å². The zero-order valence-corrected chi connectivity index (χ0v) is 29.1. The molecule has 0 unspecified atom stereocenters. The number of amides is 3. The number of halogens is 3. The van der Waals surface area contributed by atoms with Gasteiger partial charge in [0.2, 0.25) is 5.95 Å². The molecule has 50 heavy (non-hydrogen) atoms. The van der Waals surface area contributed by atoms with Gasteiger partial charge in [0.25, 0.3) is 11.8 Å². The largest absolute Gasteiger partial charge is 0.449 e. The number of ether oxygens (including phenoxy) is 1. The molecule has 0 aliphatic carbocycles. The van der Waals surface area contributed by atoms with Gasteiger partial charge in [-0.1, -0.05) is 24.9 Å². The molecule has 1 saturated heterocycles. The number of unbranched alkanes of at least 4 members (excludes halogenated alkanes) is 1. The van der Waals surface area contributed by atoms with E-state index in [9.17, 15) is 28.0 Å². The predicted molar refractivity (Wildman–Crippen MR) is 184 cm³/mol. The molecule has 0 spiro atoms. The number of anilines is 3. The number of aromatic nitrogens is 5. The molecule has 0 bridgehead atoms. The Morgan fingerprint density at radius 3 is 2.34 bits per heavy atom. The second kappa shape index (κ2) is 16.3. The summed E-state index contributed by atoms with van der Waals surface area (Å²) in [4.78, 5) is 62.7. The Morgan fingerprint density at radius 1 is 1.10 bits per heavy atom. The standard InChI is InChI=1S/C27H32ClF2N7O4.C5H7N3O/c1-5-6-13-41-27(40)37-11-9-36(10-12-37)25(38)17-8-7-16(14-19(17)28)31-23-21(35(4)26(39)33-23)18-15-20(29)24(34(2)3)32-22(18)30;1-8-3-2-7-5(8)4(6)9/h7-8,14-15,31H,5-6,9-13H2,1-4H3,(H,33,39);2-3H,1H3,(H2,6,9). The van der Waals surface area contributed by atoms with E-state index in [1.807, 2.05) is 6.92 Å². The first-order chi connectivity index (χ1) is 23.7. The summed E-state index contributed by atoms with van der Waals surface area (Å²) in [7, 11) is 6.20. The van der Waals surface area contributed by atoms with E-state index < -0.39 is 23.4 Å². The number of H-pyrrole nitrogens is 1. The van der Waals surface area contributed by atoms with Gasteiger partial charge in [-0.25, -0.2) is 19.0 Å². The minimum absolute atomic E-state index is 0.0478. The number of carbonyl (C=O) groups is 3. The number of carbonyl (C=O) groups excluding carboxylic acids is 3. The number of benzene rings is 1. The van der Waals surface area contributed by atoms with E-state index in [2.05, 4.69) is 20.3 Å². The molecule has 15 nitrogen and oxygen atoms in total. The first kappa shape index (κ1) is 37.4. The van der Waals surface area contributed by atoms with Crippen molar-refractivity contribution < 1.29 is 27.9 Å². The zero-order valence-electron chi connectivity index (χ0n) is 28.3. The van der Waals surface area contributed by atoms with Gasteiger partial charge in [-0.3, -0.25) is 19.1 Å². The Kier molecular flexibility index (Phi) is 12.2. The van der Waals surface area contributed by atoms with Gasteiger partial charge >= 0.3 is 11.8 Å². The van der Waals surface area contributed by atoms with Gasteiger partial charge in [0.05, 0.1) is 28.5 Å². The maximum absolute atomic E-state index is 15.0. The lowest BCUT2D eigenvalue weighted by Crippen LogP contribution is -2.50. The van der Waals surface area contributed by atoms with Gasteiger partial charge in [0, 0.05) is 72.5 Å². The van der Waals surface area contributed by atoms with Crippen LogP contribution in [0.25, 0.3) is 11.3 Å². The molecule has 4 N–H and O–H groups in total. The van der Waals surface area contributed by atoms with Crippen molar-refractivity contribution in [2.24, 2.45) is 19.8 Å². The molecule has 1 aliphatic heterocycles. The van der Waals surface area contributed by atoms with Gasteiger partial charge in [0.15, 0.2) is 17.5 Å². The third-order valence-corrected chi connectivity index (χ3v) is 8.07. The van der Waals surface area contributed by atoms with Gasteiger partial charge in [0.1, 0.15) is 5.82 Å². The molecule has 0 radical (unpaired) electrons. The SMILES string of the molecule is CCCCOC(=O)N1CCN(C(=O)c2ccc(Nc3[nH]c(=O)n(C)c3-c3cc(F)c(N(C)C)nc3F)cc2Cl)CC1.Cn1ccnc1C(N)=O. The lowest BCUT2D eigenvalue weighted by atomic mass is 10.1. The fourth-order valence-corrected chi connectivity index (χ4v) is 5.29. The Morgan fingerprint density at radius 2 is 1.78 bits per heavy atom. The summed E-state index contributed by atoms with van der Waals surface area (Å²) in [6, 6.07) is 5.59. The monoisotopic (exact) mass is 716 g/mol. The van der Waals surface area contributed by atoms with Crippen LogP contribution in [-0.2, 0) is 18.8 Å². The number of hydrogen-bond donors (Lipinski definition) is 3. The Balaban J connectivity index is 0.000000541. The number of aryl methyl sites for hydroxylation is 1. The number of nitrogens with two attached hydrogens (primary N) is 1. The molecule has 0 saturated carbocycles. The van der Waals surface area contributed by atoms with E-state index in [1.165, 1.54) is 44.4 Å². The number of pyridine rings is 1. The Bertz CT molecular complexity index is 1920. The first-order valence-corrected chi connectivity index (χ1v) is 16.0. The van der Waals surface area contributed by atoms with Crippen molar-refractivity contribution >= 4 is 46.8 Å². The Hall–Kier alpha value is -5.45. The van der Waals surface area contributed by atoms with E-state index in [0.29, 0.717) is 38.5 Å². The lowest BCUT2D eigenvalue weighted by Gasteiger charge is -2.34. The lowest BCUT2D eigenvalue weighted by molar-refractivity contribution is 0.0558. The highest BCUT2D eigenvalue weighted by Crippen LogP contribution is 2.33. The third kappa shape index (κ3) is 8.58. The number of nitrogens with one attached hydrogen (secondary N) is 2. The van der Waals surface area contributed by atoms with Crippen LogP contribution in [0.3, 0.4) is 0 Å². The third-order valence-electron chi connectivity index (χ3n) is 7.76. The van der Waals surface area contributed by atoms with E-state index in [1.54, 1.807) is 33.7 Å². The van der Waals surface area contributed by atoms with Crippen LogP contribution < -0.4 is 21.6 Å².